The smallest absolute Gasteiger partial charge is 0.273 e. The van der Waals surface area contributed by atoms with E-state index in [-0.39, 0.29) is 36.3 Å². The molecule has 35 heavy (non-hydrogen) atoms. The maximum Gasteiger partial charge on any atom is 0.273 e. The highest BCUT2D eigenvalue weighted by Crippen LogP contribution is 2.33. The number of hydrogen-bond donors (Lipinski definition) is 1. The van der Waals surface area contributed by atoms with Gasteiger partial charge in [0.1, 0.15) is 29.3 Å². The zero-order chi connectivity index (χ0) is 25.4. The molecular weight excluding hydrogens is 446 g/mol. The number of benzene rings is 1. The second-order valence-corrected chi connectivity index (χ2v) is 9.57. The molecule has 2 heterocycles. The van der Waals surface area contributed by atoms with Crippen molar-refractivity contribution in [2.45, 2.75) is 59.0 Å². The van der Waals surface area contributed by atoms with E-state index in [1.54, 1.807) is 19.2 Å². The van der Waals surface area contributed by atoms with Crippen LogP contribution in [0.3, 0.4) is 0 Å². The molecule has 192 valence electrons. The first-order chi connectivity index (χ1) is 16.8. The molecule has 1 amide bonds. The number of carbonyl (C=O) groups excluding carboxylic acids is 2. The minimum atomic E-state index is -0.134. The summed E-state index contributed by atoms with van der Waals surface area (Å²) in [6.45, 7) is 10.5. The van der Waals surface area contributed by atoms with Crippen molar-refractivity contribution < 1.29 is 23.8 Å². The number of amides is 1. The first kappa shape index (κ1) is 26.9. The third-order valence-electron chi connectivity index (χ3n) is 6.20. The van der Waals surface area contributed by atoms with Gasteiger partial charge < -0.3 is 24.4 Å². The summed E-state index contributed by atoms with van der Waals surface area (Å²) in [7, 11) is 1.65. The molecule has 8 nitrogen and oxygen atoms in total. The van der Waals surface area contributed by atoms with Gasteiger partial charge >= 0.3 is 0 Å². The Morgan fingerprint density at radius 3 is 2.60 bits per heavy atom. The van der Waals surface area contributed by atoms with Crippen LogP contribution in [0.25, 0.3) is 10.9 Å². The Kier molecular flexibility index (Phi) is 9.86. The van der Waals surface area contributed by atoms with Gasteiger partial charge in [0.05, 0.1) is 6.61 Å². The summed E-state index contributed by atoms with van der Waals surface area (Å²) in [6.07, 6.45) is 2.70. The number of fused-ring (bicyclic) bond motifs is 1. The zero-order valence-corrected chi connectivity index (χ0v) is 21.6. The second kappa shape index (κ2) is 12.8. The van der Waals surface area contributed by atoms with Gasteiger partial charge in [-0.15, -0.1) is 0 Å². The number of para-hydroxylation sites is 1. The lowest BCUT2D eigenvalue weighted by Gasteiger charge is -2.37. The Morgan fingerprint density at radius 2 is 1.94 bits per heavy atom. The lowest BCUT2D eigenvalue weighted by atomic mass is 10.0. The number of pyridine rings is 1. The standard InChI is InChI=1S/C27H39N3O5/c1-18(2)23(31)17-35-24-11-6-10-21-25(34-14-8-13-33-5)15-22(29-26(21)24)27(32)30(19(3)4)20-9-7-12-28-16-20/h6,10-11,15,18-20,28H,7-9,12-14,16-17H2,1-5H3/t20-/m1/s1. The van der Waals surface area contributed by atoms with Crippen LogP contribution in [0.1, 0.15) is 57.4 Å². The fraction of sp³-hybridized carbons (Fsp3) is 0.593. The van der Waals surface area contributed by atoms with Crippen LogP contribution in [-0.2, 0) is 9.53 Å². The molecule has 0 bridgehead atoms. The largest absolute Gasteiger partial charge is 0.493 e. The Hall–Kier alpha value is -2.71. The van der Waals surface area contributed by atoms with Crippen molar-refractivity contribution in [3.05, 3.63) is 30.0 Å². The van der Waals surface area contributed by atoms with Crippen LogP contribution in [0, 0.1) is 5.92 Å². The maximum absolute atomic E-state index is 13.8. The Labute approximate surface area is 208 Å². The zero-order valence-electron chi connectivity index (χ0n) is 21.6. The minimum Gasteiger partial charge on any atom is -0.493 e. The van der Waals surface area contributed by atoms with Gasteiger partial charge in [0.25, 0.3) is 5.91 Å². The number of ketones is 1. The highest BCUT2D eigenvalue weighted by atomic mass is 16.5. The van der Waals surface area contributed by atoms with Gasteiger partial charge in [0.2, 0.25) is 0 Å². The number of aromatic nitrogens is 1. The van der Waals surface area contributed by atoms with Gasteiger partial charge in [0, 0.05) is 56.1 Å². The maximum atomic E-state index is 13.8. The van der Waals surface area contributed by atoms with Crippen LogP contribution in [0.5, 0.6) is 11.5 Å². The summed E-state index contributed by atoms with van der Waals surface area (Å²) in [5.74, 6) is 0.772. The van der Waals surface area contributed by atoms with Gasteiger partial charge in [-0.25, -0.2) is 4.98 Å². The molecule has 0 aliphatic carbocycles. The number of nitrogens with one attached hydrogen (secondary N) is 1. The molecule has 1 fully saturated rings. The predicted octanol–water partition coefficient (Wildman–Crippen LogP) is 3.86. The van der Waals surface area contributed by atoms with Crippen molar-refractivity contribution in [1.82, 2.24) is 15.2 Å². The molecule has 0 spiro atoms. The van der Waals surface area contributed by atoms with E-state index in [9.17, 15) is 9.59 Å². The molecule has 1 saturated heterocycles. The van der Waals surface area contributed by atoms with Gasteiger partial charge in [-0.3, -0.25) is 9.59 Å². The fourth-order valence-electron chi connectivity index (χ4n) is 4.26. The molecule has 0 radical (unpaired) electrons. The summed E-state index contributed by atoms with van der Waals surface area (Å²) < 4.78 is 17.1. The van der Waals surface area contributed by atoms with Crippen LogP contribution < -0.4 is 14.8 Å². The van der Waals surface area contributed by atoms with Crippen molar-refractivity contribution in [3.63, 3.8) is 0 Å². The normalized spacial score (nSPS) is 16.0. The lowest BCUT2D eigenvalue weighted by Crippen LogP contribution is -2.51. The molecule has 2 aromatic rings. The SMILES string of the molecule is COCCCOc1cc(C(=O)N(C(C)C)[C@@H]2CCCNC2)nc2c(OCC(=O)C(C)C)cccc12. The topological polar surface area (TPSA) is 90.0 Å². The van der Waals surface area contributed by atoms with Gasteiger partial charge in [-0.05, 0) is 45.4 Å². The lowest BCUT2D eigenvalue weighted by molar-refractivity contribution is -0.123. The highest BCUT2D eigenvalue weighted by molar-refractivity contribution is 5.99. The predicted molar refractivity (Wildman–Crippen MR) is 136 cm³/mol. The van der Waals surface area contributed by atoms with Crippen LogP contribution in [0.15, 0.2) is 24.3 Å². The number of methoxy groups -OCH3 is 1. The molecule has 1 atom stereocenters. The molecular formula is C27H39N3O5. The fourth-order valence-corrected chi connectivity index (χ4v) is 4.26. The van der Waals surface area contributed by atoms with Crippen molar-refractivity contribution in [2.75, 3.05) is 40.0 Å². The van der Waals surface area contributed by atoms with Crippen molar-refractivity contribution >= 4 is 22.6 Å². The van der Waals surface area contributed by atoms with E-state index in [1.807, 2.05) is 44.7 Å². The molecule has 1 aromatic heterocycles. The van der Waals surface area contributed by atoms with E-state index < -0.39 is 0 Å². The Bertz CT molecular complexity index is 1000. The van der Waals surface area contributed by atoms with E-state index in [1.165, 1.54) is 0 Å². The summed E-state index contributed by atoms with van der Waals surface area (Å²) in [6, 6.07) is 7.37. The van der Waals surface area contributed by atoms with Crippen molar-refractivity contribution in [1.29, 1.82) is 0 Å². The summed E-state index contributed by atoms with van der Waals surface area (Å²) in [5, 5.41) is 4.14. The van der Waals surface area contributed by atoms with E-state index in [2.05, 4.69) is 5.32 Å². The molecule has 0 unspecified atom stereocenters. The third-order valence-corrected chi connectivity index (χ3v) is 6.20. The van der Waals surface area contributed by atoms with Crippen molar-refractivity contribution in [2.24, 2.45) is 5.92 Å². The van der Waals surface area contributed by atoms with Crippen LogP contribution >= 0.6 is 0 Å². The Balaban J connectivity index is 2.01. The first-order valence-electron chi connectivity index (χ1n) is 12.6. The monoisotopic (exact) mass is 485 g/mol. The van der Waals surface area contributed by atoms with Crippen LogP contribution in [-0.4, -0.2) is 73.7 Å². The van der Waals surface area contributed by atoms with E-state index >= 15 is 0 Å². The average Bonchev–Trinajstić information content (AvgIpc) is 2.85. The second-order valence-electron chi connectivity index (χ2n) is 9.57. The number of nitrogens with zero attached hydrogens (tertiary/aromatic N) is 2. The minimum absolute atomic E-state index is 0.000976. The van der Waals surface area contributed by atoms with Crippen molar-refractivity contribution in [3.8, 4) is 11.5 Å². The Morgan fingerprint density at radius 1 is 1.14 bits per heavy atom. The number of hydrogen-bond acceptors (Lipinski definition) is 7. The van der Waals surface area contributed by atoms with Crippen LogP contribution in [0.4, 0.5) is 0 Å². The quantitative estimate of drug-likeness (QED) is 0.457. The first-order valence-corrected chi connectivity index (χ1v) is 12.6. The van der Waals surface area contributed by atoms with E-state index in [0.717, 1.165) is 31.3 Å². The number of Topliss-reactive ketones (excluding diaryl/α,β-unsaturated/α-hetero) is 1. The molecule has 1 aliphatic rings. The summed E-state index contributed by atoms with van der Waals surface area (Å²) >= 11 is 0. The van der Waals surface area contributed by atoms with E-state index in [4.69, 9.17) is 19.2 Å². The number of ether oxygens (including phenoxy) is 3. The van der Waals surface area contributed by atoms with Gasteiger partial charge in [-0.1, -0.05) is 19.9 Å². The number of rotatable bonds is 12. The van der Waals surface area contributed by atoms with Gasteiger partial charge in [0.15, 0.2) is 5.78 Å². The molecule has 1 aromatic carbocycles. The summed E-state index contributed by atoms with van der Waals surface area (Å²) in [4.78, 5) is 32.6. The van der Waals surface area contributed by atoms with Crippen LogP contribution in [0.2, 0.25) is 0 Å². The van der Waals surface area contributed by atoms with Gasteiger partial charge in [-0.2, -0.15) is 0 Å². The van der Waals surface area contributed by atoms with E-state index in [0.29, 0.717) is 42.3 Å². The number of carbonyl (C=O) groups is 2. The molecule has 8 heteroatoms. The summed E-state index contributed by atoms with van der Waals surface area (Å²) in [5.41, 5.74) is 0.826. The molecule has 3 rings (SSSR count). The highest BCUT2D eigenvalue weighted by Gasteiger charge is 2.30. The molecule has 0 saturated carbocycles. The number of piperidine rings is 1. The third kappa shape index (κ3) is 6.92. The average molecular weight is 486 g/mol. The molecule has 1 N–H and O–H groups in total. The molecule has 1 aliphatic heterocycles.